The lowest BCUT2D eigenvalue weighted by Gasteiger charge is -2.25. The summed E-state index contributed by atoms with van der Waals surface area (Å²) in [6.07, 6.45) is 1.28. The first-order valence-electron chi connectivity index (χ1n) is 10.5. The summed E-state index contributed by atoms with van der Waals surface area (Å²) in [5.74, 6) is 0.762. The minimum absolute atomic E-state index is 0.196. The molecule has 0 saturated carbocycles. The second-order valence-corrected chi connectivity index (χ2v) is 7.55. The van der Waals surface area contributed by atoms with Crippen molar-refractivity contribution in [2.45, 2.75) is 0 Å². The number of ketones is 1. The van der Waals surface area contributed by atoms with Gasteiger partial charge in [-0.3, -0.25) is 4.79 Å². The molecule has 6 nitrogen and oxygen atoms in total. The number of allylic oxidation sites excluding steroid dienone is 1. The third-order valence-electron chi connectivity index (χ3n) is 5.43. The van der Waals surface area contributed by atoms with Crippen LogP contribution in [0.1, 0.15) is 15.9 Å². The quantitative estimate of drug-likeness (QED) is 0.562. The zero-order valence-electron chi connectivity index (χ0n) is 17.3. The average molecular weight is 427 g/mol. The summed E-state index contributed by atoms with van der Waals surface area (Å²) in [6.45, 7) is 1.98. The maximum absolute atomic E-state index is 12.7. The van der Waals surface area contributed by atoms with Crippen LogP contribution in [0, 0.1) is 0 Å². The van der Waals surface area contributed by atoms with E-state index in [9.17, 15) is 9.59 Å². The topological polar surface area (TPSA) is 65.1 Å². The summed E-state index contributed by atoms with van der Waals surface area (Å²) in [4.78, 5) is 26.6. The number of ether oxygens (including phenoxy) is 3. The fourth-order valence-electron chi connectivity index (χ4n) is 3.70. The van der Waals surface area contributed by atoms with E-state index in [-0.39, 0.29) is 11.5 Å². The summed E-state index contributed by atoms with van der Waals surface area (Å²) in [7, 11) is 0. The van der Waals surface area contributed by atoms with Crippen molar-refractivity contribution in [2.24, 2.45) is 0 Å². The lowest BCUT2D eigenvalue weighted by Crippen LogP contribution is -2.42. The van der Waals surface area contributed by atoms with Gasteiger partial charge in [0.2, 0.25) is 5.78 Å². The van der Waals surface area contributed by atoms with E-state index in [4.69, 9.17) is 14.2 Å². The van der Waals surface area contributed by atoms with E-state index < -0.39 is 6.09 Å². The monoisotopic (exact) mass is 427 g/mol. The van der Waals surface area contributed by atoms with Crippen molar-refractivity contribution in [2.75, 3.05) is 26.3 Å². The molecule has 3 aromatic carbocycles. The minimum Gasteiger partial charge on any atom is -0.452 e. The number of carbonyl (C=O) groups excluding carboxylic acids is 2. The number of benzene rings is 3. The van der Waals surface area contributed by atoms with E-state index >= 15 is 0 Å². The van der Waals surface area contributed by atoms with Gasteiger partial charge in [-0.05, 0) is 34.9 Å². The number of hydrogen-bond acceptors (Lipinski definition) is 5. The number of rotatable bonds is 3. The molecule has 1 fully saturated rings. The Hall–Kier alpha value is -3.90. The second kappa shape index (κ2) is 8.69. The van der Waals surface area contributed by atoms with Crippen LogP contribution in [-0.4, -0.2) is 43.1 Å². The molecule has 0 unspecified atom stereocenters. The van der Waals surface area contributed by atoms with Gasteiger partial charge in [0.05, 0.1) is 18.8 Å². The molecule has 0 aliphatic carbocycles. The van der Waals surface area contributed by atoms with E-state index in [1.807, 2.05) is 42.5 Å². The van der Waals surface area contributed by atoms with Crippen molar-refractivity contribution in [3.63, 3.8) is 0 Å². The summed E-state index contributed by atoms with van der Waals surface area (Å²) in [5, 5.41) is 0. The molecule has 0 radical (unpaired) electrons. The van der Waals surface area contributed by atoms with Crippen molar-refractivity contribution >= 4 is 18.0 Å². The molecule has 2 aliphatic rings. The Kier molecular flexibility index (Phi) is 5.44. The van der Waals surface area contributed by atoms with Gasteiger partial charge in [0, 0.05) is 19.2 Å². The highest BCUT2D eigenvalue weighted by atomic mass is 16.6. The first kappa shape index (κ1) is 20.0. The lowest BCUT2D eigenvalue weighted by molar-refractivity contribution is 0.0416. The number of Topliss-reactive ketones (excluding diaryl/α,β-unsaturated/α-hetero) is 1. The zero-order valence-corrected chi connectivity index (χ0v) is 17.3. The highest BCUT2D eigenvalue weighted by Gasteiger charge is 2.28. The molecule has 1 amide bonds. The Balaban J connectivity index is 1.30. The molecule has 160 valence electrons. The highest BCUT2D eigenvalue weighted by molar-refractivity contribution is 6.14. The number of carbonyl (C=O) groups is 2. The highest BCUT2D eigenvalue weighted by Crippen LogP contribution is 2.35. The minimum atomic E-state index is -0.438. The van der Waals surface area contributed by atoms with Gasteiger partial charge in [-0.2, -0.15) is 0 Å². The fourth-order valence-corrected chi connectivity index (χ4v) is 3.70. The molecule has 0 spiro atoms. The summed E-state index contributed by atoms with van der Waals surface area (Å²) < 4.78 is 16.5. The molecular weight excluding hydrogens is 406 g/mol. The molecule has 3 aromatic rings. The van der Waals surface area contributed by atoms with Gasteiger partial charge in [0.25, 0.3) is 0 Å². The number of fused-ring (bicyclic) bond motifs is 1. The molecule has 0 atom stereocenters. The zero-order chi connectivity index (χ0) is 21.9. The van der Waals surface area contributed by atoms with E-state index in [2.05, 4.69) is 12.1 Å². The second-order valence-electron chi connectivity index (χ2n) is 7.55. The maximum Gasteiger partial charge on any atom is 0.415 e. The van der Waals surface area contributed by atoms with Gasteiger partial charge in [-0.1, -0.05) is 54.6 Å². The van der Waals surface area contributed by atoms with Gasteiger partial charge in [-0.25, -0.2) is 4.79 Å². The van der Waals surface area contributed by atoms with Crippen molar-refractivity contribution in [1.29, 1.82) is 0 Å². The molecule has 2 heterocycles. The SMILES string of the molecule is O=C1C(=Cc2ccc(-c3ccccc3)cc2)Oc2cc(OC(=O)N3CCOCC3)ccc21. The summed E-state index contributed by atoms with van der Waals surface area (Å²) in [6, 6.07) is 22.8. The Labute approximate surface area is 185 Å². The molecule has 0 N–H and O–H groups in total. The Bertz CT molecular complexity index is 1180. The van der Waals surface area contributed by atoms with E-state index in [0.29, 0.717) is 43.4 Å². The fraction of sp³-hybridized carbons (Fsp3) is 0.154. The maximum atomic E-state index is 12.7. The Morgan fingerprint density at radius 1 is 0.906 bits per heavy atom. The van der Waals surface area contributed by atoms with Crippen LogP contribution >= 0.6 is 0 Å². The standard InChI is InChI=1S/C26H21NO5/c28-25-22-11-10-21(31-26(29)27-12-14-30-15-13-27)17-23(22)32-24(25)16-18-6-8-20(9-7-18)19-4-2-1-3-5-19/h1-11,16-17H,12-15H2. The van der Waals surface area contributed by atoms with E-state index in [0.717, 1.165) is 16.7 Å². The van der Waals surface area contributed by atoms with Gasteiger partial charge >= 0.3 is 6.09 Å². The van der Waals surface area contributed by atoms with E-state index in [1.54, 1.807) is 29.2 Å². The molecule has 32 heavy (non-hydrogen) atoms. The van der Waals surface area contributed by atoms with Crippen molar-refractivity contribution < 1.29 is 23.8 Å². The number of nitrogens with zero attached hydrogens (tertiary/aromatic N) is 1. The van der Waals surface area contributed by atoms with Gasteiger partial charge in [-0.15, -0.1) is 0 Å². The van der Waals surface area contributed by atoms with Crippen LogP contribution in [0.4, 0.5) is 4.79 Å². The van der Waals surface area contributed by atoms with E-state index in [1.165, 1.54) is 0 Å². The van der Waals surface area contributed by atoms with Gasteiger partial charge < -0.3 is 19.1 Å². The van der Waals surface area contributed by atoms with Crippen LogP contribution in [0.15, 0.2) is 78.6 Å². The normalized spacial score (nSPS) is 16.6. The Morgan fingerprint density at radius 3 is 2.38 bits per heavy atom. The molecule has 1 saturated heterocycles. The van der Waals surface area contributed by atoms with Crippen molar-refractivity contribution in [1.82, 2.24) is 4.90 Å². The summed E-state index contributed by atoms with van der Waals surface area (Å²) in [5.41, 5.74) is 3.54. The van der Waals surface area contributed by atoms with Crippen LogP contribution in [0.25, 0.3) is 17.2 Å². The largest absolute Gasteiger partial charge is 0.452 e. The van der Waals surface area contributed by atoms with Crippen LogP contribution < -0.4 is 9.47 Å². The summed E-state index contributed by atoms with van der Waals surface area (Å²) >= 11 is 0. The molecule has 6 heteroatoms. The first-order valence-corrected chi connectivity index (χ1v) is 10.5. The number of morpholine rings is 1. The van der Waals surface area contributed by atoms with Gasteiger partial charge in [0.15, 0.2) is 5.76 Å². The smallest absolute Gasteiger partial charge is 0.415 e. The van der Waals surface area contributed by atoms with Crippen LogP contribution in [-0.2, 0) is 4.74 Å². The number of hydrogen-bond donors (Lipinski definition) is 0. The lowest BCUT2D eigenvalue weighted by atomic mass is 10.0. The molecular formula is C26H21NO5. The molecule has 0 bridgehead atoms. The van der Waals surface area contributed by atoms with Crippen molar-refractivity contribution in [3.8, 4) is 22.6 Å². The number of amides is 1. The molecule has 5 rings (SSSR count). The molecule has 0 aromatic heterocycles. The molecule has 2 aliphatic heterocycles. The average Bonchev–Trinajstić information content (AvgIpc) is 3.15. The third-order valence-corrected chi connectivity index (χ3v) is 5.43. The first-order chi connectivity index (χ1) is 15.7. The van der Waals surface area contributed by atoms with Crippen LogP contribution in [0.3, 0.4) is 0 Å². The van der Waals surface area contributed by atoms with Crippen LogP contribution in [0.5, 0.6) is 11.5 Å². The predicted octanol–water partition coefficient (Wildman–Crippen LogP) is 4.80. The predicted molar refractivity (Wildman–Crippen MR) is 120 cm³/mol. The van der Waals surface area contributed by atoms with Gasteiger partial charge in [0.1, 0.15) is 11.5 Å². The van der Waals surface area contributed by atoms with Crippen molar-refractivity contribution in [3.05, 3.63) is 89.7 Å². The Morgan fingerprint density at radius 2 is 1.62 bits per heavy atom. The third kappa shape index (κ3) is 4.13. The van der Waals surface area contributed by atoms with Crippen LogP contribution in [0.2, 0.25) is 0 Å².